The number of phenolic OH excluding ortho intramolecular Hbond substituents is 1. The van der Waals surface area contributed by atoms with Crippen LogP contribution in [0.5, 0.6) is 5.75 Å². The first-order chi connectivity index (χ1) is 10.2. The third-order valence-corrected chi connectivity index (χ3v) is 3.23. The van der Waals surface area contributed by atoms with Crippen molar-refractivity contribution in [3.05, 3.63) is 72.6 Å². The summed E-state index contributed by atoms with van der Waals surface area (Å²) in [5.41, 5.74) is 2.66. The first-order valence-electron chi connectivity index (χ1n) is 6.34. The van der Waals surface area contributed by atoms with Crippen molar-refractivity contribution in [3.63, 3.8) is 0 Å². The summed E-state index contributed by atoms with van der Waals surface area (Å²) < 4.78 is 27.1. The minimum Gasteiger partial charge on any atom is -0.503 e. The van der Waals surface area contributed by atoms with E-state index < -0.39 is 17.4 Å². The van der Waals surface area contributed by atoms with Crippen LogP contribution in [-0.2, 0) is 0 Å². The molecule has 0 saturated heterocycles. The number of halogens is 2. The number of phenols is 1. The molecule has 1 N–H and O–H groups in total. The third-order valence-electron chi connectivity index (χ3n) is 3.23. The van der Waals surface area contributed by atoms with Crippen molar-refractivity contribution in [2.24, 2.45) is 0 Å². The largest absolute Gasteiger partial charge is 0.503 e. The predicted molar refractivity (Wildman–Crippen MR) is 76.7 cm³/mol. The number of pyridine rings is 1. The van der Waals surface area contributed by atoms with Crippen LogP contribution >= 0.6 is 0 Å². The molecule has 3 aromatic rings. The van der Waals surface area contributed by atoms with Crippen LogP contribution in [-0.4, -0.2) is 10.1 Å². The number of rotatable bonds is 2. The van der Waals surface area contributed by atoms with Crippen molar-refractivity contribution in [1.82, 2.24) is 4.98 Å². The van der Waals surface area contributed by atoms with Gasteiger partial charge < -0.3 is 5.11 Å². The smallest absolute Gasteiger partial charge is 0.187 e. The first kappa shape index (κ1) is 13.2. The van der Waals surface area contributed by atoms with E-state index in [4.69, 9.17) is 0 Å². The molecule has 0 bridgehead atoms. The Bertz CT molecular complexity index is 765. The molecule has 21 heavy (non-hydrogen) atoms. The topological polar surface area (TPSA) is 33.1 Å². The van der Waals surface area contributed by atoms with E-state index in [1.807, 2.05) is 30.3 Å². The van der Waals surface area contributed by atoms with Crippen LogP contribution in [0.25, 0.3) is 22.3 Å². The van der Waals surface area contributed by atoms with Gasteiger partial charge in [0, 0.05) is 18.0 Å². The molecule has 104 valence electrons. The molecule has 1 heterocycles. The van der Waals surface area contributed by atoms with Crippen molar-refractivity contribution in [3.8, 4) is 28.0 Å². The molecule has 0 spiro atoms. The molecule has 0 aliphatic heterocycles. The molecular weight excluding hydrogens is 272 g/mol. The van der Waals surface area contributed by atoms with E-state index in [0.29, 0.717) is 11.1 Å². The van der Waals surface area contributed by atoms with Crippen LogP contribution in [0.2, 0.25) is 0 Å². The number of nitrogens with zero attached hydrogens (tertiary/aromatic N) is 1. The fraction of sp³-hybridized carbons (Fsp3) is 0. The molecule has 3 rings (SSSR count). The average Bonchev–Trinajstić information content (AvgIpc) is 2.53. The second kappa shape index (κ2) is 5.32. The molecular formula is C17H11F2NO. The Morgan fingerprint density at radius 3 is 2.14 bits per heavy atom. The van der Waals surface area contributed by atoms with E-state index in [1.54, 1.807) is 18.5 Å². The summed E-state index contributed by atoms with van der Waals surface area (Å²) in [6.07, 6.45) is 3.17. The van der Waals surface area contributed by atoms with Gasteiger partial charge in [-0.2, -0.15) is 0 Å². The minimum atomic E-state index is -0.993. The molecule has 0 aliphatic carbocycles. The van der Waals surface area contributed by atoms with Gasteiger partial charge in [0.1, 0.15) is 0 Å². The molecule has 0 radical (unpaired) electrons. The highest BCUT2D eigenvalue weighted by Gasteiger charge is 2.13. The second-order valence-corrected chi connectivity index (χ2v) is 4.58. The Morgan fingerprint density at radius 2 is 1.48 bits per heavy atom. The van der Waals surface area contributed by atoms with Gasteiger partial charge in [0.2, 0.25) is 0 Å². The number of hydrogen-bond acceptors (Lipinski definition) is 2. The van der Waals surface area contributed by atoms with E-state index in [2.05, 4.69) is 4.98 Å². The lowest BCUT2D eigenvalue weighted by Gasteiger charge is -2.10. The fourth-order valence-corrected chi connectivity index (χ4v) is 2.21. The lowest BCUT2D eigenvalue weighted by atomic mass is 9.96. The van der Waals surface area contributed by atoms with Crippen LogP contribution in [0.1, 0.15) is 0 Å². The molecule has 2 aromatic carbocycles. The van der Waals surface area contributed by atoms with Crippen LogP contribution in [0.15, 0.2) is 60.9 Å². The SMILES string of the molecule is Oc1c(F)cc(-c2cnccc2-c2ccccc2)cc1F. The van der Waals surface area contributed by atoms with Crippen LogP contribution in [0.4, 0.5) is 8.78 Å². The Balaban J connectivity index is 2.21. The zero-order valence-corrected chi connectivity index (χ0v) is 10.9. The maximum absolute atomic E-state index is 13.5. The van der Waals surface area contributed by atoms with E-state index in [9.17, 15) is 13.9 Å². The molecule has 0 fully saturated rings. The van der Waals surface area contributed by atoms with Crippen molar-refractivity contribution in [1.29, 1.82) is 0 Å². The minimum absolute atomic E-state index is 0.328. The van der Waals surface area contributed by atoms with Crippen molar-refractivity contribution in [2.45, 2.75) is 0 Å². The maximum atomic E-state index is 13.5. The fourth-order valence-electron chi connectivity index (χ4n) is 2.21. The summed E-state index contributed by atoms with van der Waals surface area (Å²) in [4.78, 5) is 4.02. The predicted octanol–water partition coefficient (Wildman–Crippen LogP) is 4.40. The van der Waals surface area contributed by atoms with Gasteiger partial charge in [0.05, 0.1) is 0 Å². The summed E-state index contributed by atoms with van der Waals surface area (Å²) in [5, 5.41) is 9.20. The molecule has 4 heteroatoms. The number of aromatic nitrogens is 1. The van der Waals surface area contributed by atoms with Crippen molar-refractivity contribution in [2.75, 3.05) is 0 Å². The summed E-state index contributed by atoms with van der Waals surface area (Å²) >= 11 is 0. The van der Waals surface area contributed by atoms with E-state index in [1.165, 1.54) is 0 Å². The Labute approximate surface area is 120 Å². The molecule has 0 unspecified atom stereocenters. The van der Waals surface area contributed by atoms with Gasteiger partial charge in [0.25, 0.3) is 0 Å². The highest BCUT2D eigenvalue weighted by Crippen LogP contribution is 2.34. The number of benzene rings is 2. The average molecular weight is 283 g/mol. The van der Waals surface area contributed by atoms with E-state index in [0.717, 1.165) is 23.3 Å². The molecule has 1 aromatic heterocycles. The summed E-state index contributed by atoms with van der Waals surface area (Å²) in [6, 6.07) is 13.5. The molecule has 0 atom stereocenters. The molecule has 0 saturated carbocycles. The molecule has 0 amide bonds. The normalized spacial score (nSPS) is 10.6. The molecule has 2 nitrogen and oxygen atoms in total. The zero-order valence-electron chi connectivity index (χ0n) is 10.9. The quantitative estimate of drug-likeness (QED) is 0.756. The third kappa shape index (κ3) is 2.48. The Kier molecular flexibility index (Phi) is 3.36. The van der Waals surface area contributed by atoms with Gasteiger partial charge in [-0.1, -0.05) is 30.3 Å². The molecule has 0 aliphatic rings. The zero-order chi connectivity index (χ0) is 14.8. The van der Waals surface area contributed by atoms with Crippen molar-refractivity contribution < 1.29 is 13.9 Å². The van der Waals surface area contributed by atoms with Gasteiger partial charge in [-0.3, -0.25) is 4.98 Å². The highest BCUT2D eigenvalue weighted by atomic mass is 19.1. The van der Waals surface area contributed by atoms with Crippen LogP contribution in [0.3, 0.4) is 0 Å². The van der Waals surface area contributed by atoms with Gasteiger partial charge in [-0.05, 0) is 34.9 Å². The Hall–Kier alpha value is -2.75. The number of aromatic hydroxyl groups is 1. The lowest BCUT2D eigenvalue weighted by molar-refractivity contribution is 0.396. The van der Waals surface area contributed by atoms with Gasteiger partial charge in [-0.25, -0.2) is 8.78 Å². The van der Waals surface area contributed by atoms with E-state index in [-0.39, 0.29) is 0 Å². The number of hydrogen-bond donors (Lipinski definition) is 1. The van der Waals surface area contributed by atoms with Gasteiger partial charge in [-0.15, -0.1) is 0 Å². The van der Waals surface area contributed by atoms with E-state index >= 15 is 0 Å². The lowest BCUT2D eigenvalue weighted by Crippen LogP contribution is -1.90. The maximum Gasteiger partial charge on any atom is 0.187 e. The van der Waals surface area contributed by atoms with Crippen LogP contribution in [0, 0.1) is 11.6 Å². The monoisotopic (exact) mass is 283 g/mol. The van der Waals surface area contributed by atoms with Gasteiger partial charge in [0.15, 0.2) is 17.4 Å². The highest BCUT2D eigenvalue weighted by molar-refractivity contribution is 5.82. The van der Waals surface area contributed by atoms with Gasteiger partial charge >= 0.3 is 0 Å². The van der Waals surface area contributed by atoms with Crippen LogP contribution < -0.4 is 0 Å². The van der Waals surface area contributed by atoms with Crippen molar-refractivity contribution >= 4 is 0 Å². The summed E-state index contributed by atoms with van der Waals surface area (Å²) in [6.45, 7) is 0. The summed E-state index contributed by atoms with van der Waals surface area (Å²) in [7, 11) is 0. The second-order valence-electron chi connectivity index (χ2n) is 4.58. The summed E-state index contributed by atoms with van der Waals surface area (Å²) in [5.74, 6) is -2.95. The standard InChI is InChI=1S/C17H11F2NO/c18-15-8-12(9-16(19)17(15)21)14-10-20-7-6-13(14)11-4-2-1-3-5-11/h1-10,21H. The first-order valence-corrected chi connectivity index (χ1v) is 6.34. The Morgan fingerprint density at radius 1 is 0.810 bits per heavy atom.